The van der Waals surface area contributed by atoms with E-state index in [0.29, 0.717) is 26.3 Å². The molecule has 0 radical (unpaired) electrons. The predicted octanol–water partition coefficient (Wildman–Crippen LogP) is 1.75. The molecule has 20 heavy (non-hydrogen) atoms. The van der Waals surface area contributed by atoms with Crippen molar-refractivity contribution in [2.75, 3.05) is 31.2 Å². The molecule has 1 heterocycles. The van der Waals surface area contributed by atoms with Crippen LogP contribution in [0.2, 0.25) is 0 Å². The molecule has 2 rings (SSSR count). The van der Waals surface area contributed by atoms with Crippen LogP contribution in [0, 0.1) is 0 Å². The molecule has 0 spiro atoms. The van der Waals surface area contributed by atoms with E-state index in [1.54, 1.807) is 0 Å². The maximum Gasteiger partial charge on any atom is 0.534 e. The quantitative estimate of drug-likeness (QED) is 0.629. The summed E-state index contributed by atoms with van der Waals surface area (Å²) in [7, 11) is -5.62. The van der Waals surface area contributed by atoms with Gasteiger partial charge in [0.25, 0.3) is 0 Å². The van der Waals surface area contributed by atoms with Gasteiger partial charge >= 0.3 is 15.6 Å². The van der Waals surface area contributed by atoms with Crippen LogP contribution < -0.4 is 9.08 Å². The third-order valence-electron chi connectivity index (χ3n) is 2.70. The minimum absolute atomic E-state index is 0.376. The molecular formula is C11H12F3NO4S. The molecule has 0 aliphatic carbocycles. The second-order valence-corrected chi connectivity index (χ2v) is 5.61. The van der Waals surface area contributed by atoms with Gasteiger partial charge in [0.2, 0.25) is 0 Å². The summed E-state index contributed by atoms with van der Waals surface area (Å²) in [6, 6.07) is 5.39. The number of nitrogens with zero attached hydrogens (tertiary/aromatic N) is 1. The van der Waals surface area contributed by atoms with Crippen molar-refractivity contribution >= 4 is 15.8 Å². The molecule has 1 aromatic carbocycles. The maximum atomic E-state index is 12.2. The van der Waals surface area contributed by atoms with Crippen molar-refractivity contribution in [2.24, 2.45) is 0 Å². The fraction of sp³-hybridized carbons (Fsp3) is 0.455. The lowest BCUT2D eigenvalue weighted by atomic mass is 10.2. The standard InChI is InChI=1S/C11H12F3NO4S/c12-11(13,14)20(16,17)19-10-3-1-9(2-4-10)15-5-7-18-8-6-15/h1-4H,5-8H2. The van der Waals surface area contributed by atoms with Crippen molar-refractivity contribution < 1.29 is 30.5 Å². The van der Waals surface area contributed by atoms with Gasteiger partial charge in [-0.3, -0.25) is 0 Å². The number of halogens is 3. The zero-order valence-electron chi connectivity index (χ0n) is 10.3. The normalized spacial score (nSPS) is 17.1. The van der Waals surface area contributed by atoms with Crippen molar-refractivity contribution in [3.05, 3.63) is 24.3 Å². The largest absolute Gasteiger partial charge is 0.534 e. The molecule has 0 bridgehead atoms. The zero-order valence-corrected chi connectivity index (χ0v) is 11.1. The molecule has 9 heteroatoms. The number of anilines is 1. The zero-order chi connectivity index (χ0) is 14.8. The molecule has 0 atom stereocenters. The number of alkyl halides is 3. The van der Waals surface area contributed by atoms with Crippen molar-refractivity contribution in [1.82, 2.24) is 0 Å². The van der Waals surface area contributed by atoms with Crippen LogP contribution in [0.25, 0.3) is 0 Å². The van der Waals surface area contributed by atoms with E-state index >= 15 is 0 Å². The highest BCUT2D eigenvalue weighted by molar-refractivity contribution is 7.87. The monoisotopic (exact) mass is 311 g/mol. The summed E-state index contributed by atoms with van der Waals surface area (Å²) in [5.74, 6) is -0.376. The molecule has 1 aliphatic heterocycles. The third-order valence-corrected chi connectivity index (χ3v) is 3.68. The van der Waals surface area contributed by atoms with Gasteiger partial charge in [-0.1, -0.05) is 0 Å². The van der Waals surface area contributed by atoms with Gasteiger partial charge in [-0.05, 0) is 24.3 Å². The lowest BCUT2D eigenvalue weighted by molar-refractivity contribution is -0.0500. The maximum absolute atomic E-state index is 12.2. The summed E-state index contributed by atoms with van der Waals surface area (Å²) in [6.07, 6.45) is 0. The van der Waals surface area contributed by atoms with Gasteiger partial charge in [0.15, 0.2) is 0 Å². The van der Waals surface area contributed by atoms with Gasteiger partial charge in [-0.15, -0.1) is 0 Å². The average Bonchev–Trinajstić information content (AvgIpc) is 2.39. The van der Waals surface area contributed by atoms with Gasteiger partial charge < -0.3 is 13.8 Å². The summed E-state index contributed by atoms with van der Waals surface area (Å²) in [6.45, 7) is 2.48. The van der Waals surface area contributed by atoms with Gasteiger partial charge in [0.05, 0.1) is 13.2 Å². The summed E-state index contributed by atoms with van der Waals surface area (Å²) in [5, 5.41) is 0. The molecule has 5 nitrogen and oxygen atoms in total. The topological polar surface area (TPSA) is 55.8 Å². The number of hydrogen-bond acceptors (Lipinski definition) is 5. The summed E-state index contributed by atoms with van der Waals surface area (Å²) in [4.78, 5) is 1.98. The number of morpholine rings is 1. The van der Waals surface area contributed by atoms with Crippen LogP contribution in [-0.2, 0) is 14.9 Å². The highest BCUT2D eigenvalue weighted by Gasteiger charge is 2.48. The number of ether oxygens (including phenoxy) is 1. The van der Waals surface area contributed by atoms with E-state index in [4.69, 9.17) is 4.74 Å². The van der Waals surface area contributed by atoms with E-state index in [1.807, 2.05) is 4.90 Å². The van der Waals surface area contributed by atoms with Crippen LogP contribution in [0.15, 0.2) is 24.3 Å². The molecule has 0 N–H and O–H groups in total. The molecule has 0 aromatic heterocycles. The van der Waals surface area contributed by atoms with Crippen LogP contribution >= 0.6 is 0 Å². The van der Waals surface area contributed by atoms with E-state index in [1.165, 1.54) is 24.3 Å². The first kappa shape index (κ1) is 14.9. The fourth-order valence-electron chi connectivity index (χ4n) is 1.71. The Kier molecular flexibility index (Phi) is 4.09. The molecule has 1 saturated heterocycles. The first-order chi connectivity index (χ1) is 9.29. The minimum atomic E-state index is -5.62. The molecule has 0 amide bonds. The predicted molar refractivity (Wildman–Crippen MR) is 65.1 cm³/mol. The molecule has 1 aromatic rings. The van der Waals surface area contributed by atoms with Gasteiger partial charge in [-0.2, -0.15) is 21.6 Å². The first-order valence-corrected chi connectivity index (χ1v) is 7.14. The fourth-order valence-corrected chi connectivity index (χ4v) is 2.17. The Morgan fingerprint density at radius 1 is 1.10 bits per heavy atom. The van der Waals surface area contributed by atoms with E-state index < -0.39 is 15.6 Å². The third kappa shape index (κ3) is 3.34. The molecule has 112 valence electrons. The minimum Gasteiger partial charge on any atom is -0.378 e. The SMILES string of the molecule is O=S(=O)(Oc1ccc(N2CCOCC2)cc1)C(F)(F)F. The van der Waals surface area contributed by atoms with Crippen molar-refractivity contribution in [1.29, 1.82) is 0 Å². The molecular weight excluding hydrogens is 299 g/mol. The number of hydrogen-bond donors (Lipinski definition) is 0. The molecule has 0 unspecified atom stereocenters. The Morgan fingerprint density at radius 2 is 1.65 bits per heavy atom. The molecule has 1 fully saturated rings. The number of benzene rings is 1. The Balaban J connectivity index is 2.09. The Bertz CT molecular complexity index is 550. The van der Waals surface area contributed by atoms with Crippen LogP contribution in [0.1, 0.15) is 0 Å². The Hall–Kier alpha value is -1.48. The van der Waals surface area contributed by atoms with Crippen LogP contribution in [0.3, 0.4) is 0 Å². The highest BCUT2D eigenvalue weighted by Crippen LogP contribution is 2.28. The highest BCUT2D eigenvalue weighted by atomic mass is 32.2. The summed E-state index contributed by atoms with van der Waals surface area (Å²) < 4.78 is 67.3. The number of rotatable bonds is 3. The summed E-state index contributed by atoms with van der Waals surface area (Å²) >= 11 is 0. The van der Waals surface area contributed by atoms with Crippen molar-refractivity contribution in [3.8, 4) is 5.75 Å². The van der Waals surface area contributed by atoms with E-state index in [-0.39, 0.29) is 5.75 Å². The first-order valence-electron chi connectivity index (χ1n) is 5.73. The molecule has 0 saturated carbocycles. The average molecular weight is 311 g/mol. The van der Waals surface area contributed by atoms with Gasteiger partial charge in [0.1, 0.15) is 5.75 Å². The Labute approximate surface area is 114 Å². The van der Waals surface area contributed by atoms with Crippen molar-refractivity contribution in [2.45, 2.75) is 5.51 Å². The van der Waals surface area contributed by atoms with E-state index in [2.05, 4.69) is 4.18 Å². The van der Waals surface area contributed by atoms with Crippen LogP contribution in [0.4, 0.5) is 18.9 Å². The second-order valence-electron chi connectivity index (χ2n) is 4.08. The Morgan fingerprint density at radius 3 is 2.15 bits per heavy atom. The lowest BCUT2D eigenvalue weighted by Crippen LogP contribution is -2.36. The van der Waals surface area contributed by atoms with Crippen molar-refractivity contribution in [3.63, 3.8) is 0 Å². The van der Waals surface area contributed by atoms with E-state index in [9.17, 15) is 21.6 Å². The lowest BCUT2D eigenvalue weighted by Gasteiger charge is -2.28. The van der Waals surface area contributed by atoms with Gasteiger partial charge in [-0.25, -0.2) is 0 Å². The smallest absolute Gasteiger partial charge is 0.378 e. The molecule has 1 aliphatic rings. The van der Waals surface area contributed by atoms with Gasteiger partial charge in [0, 0.05) is 18.8 Å². The van der Waals surface area contributed by atoms with Crippen LogP contribution in [-0.4, -0.2) is 40.2 Å². The van der Waals surface area contributed by atoms with E-state index in [0.717, 1.165) is 5.69 Å². The van der Waals surface area contributed by atoms with Crippen LogP contribution in [0.5, 0.6) is 5.75 Å². The second kappa shape index (κ2) is 5.49. The summed E-state index contributed by atoms with van der Waals surface area (Å²) in [5.41, 5.74) is -4.67.